The molecule has 3 aromatic carbocycles. The molecular formula is C39H56N4OS. The summed E-state index contributed by atoms with van der Waals surface area (Å²) in [6.07, 6.45) is 14.4. The molecule has 0 aliphatic rings. The van der Waals surface area contributed by atoms with Crippen LogP contribution in [0.5, 0.6) is 0 Å². The van der Waals surface area contributed by atoms with Crippen LogP contribution in [0.2, 0.25) is 0 Å². The minimum absolute atomic E-state index is 0.0188. The molecule has 5 nitrogen and oxygen atoms in total. The number of hydrogen-bond acceptors (Lipinski definition) is 4. The number of thiocarbonyl (C=S) groups is 1. The Balaban J connectivity index is 1.65. The van der Waals surface area contributed by atoms with Crippen molar-refractivity contribution in [3.8, 4) is 0 Å². The normalized spacial score (nSPS) is 11.0. The number of benzene rings is 3. The van der Waals surface area contributed by atoms with Crippen molar-refractivity contribution < 1.29 is 4.79 Å². The van der Waals surface area contributed by atoms with Gasteiger partial charge in [-0.1, -0.05) is 113 Å². The average molecular weight is 629 g/mol. The van der Waals surface area contributed by atoms with Crippen LogP contribution in [0.3, 0.4) is 0 Å². The van der Waals surface area contributed by atoms with Crippen LogP contribution in [0, 0.1) is 6.92 Å². The molecule has 0 aliphatic carbocycles. The Morgan fingerprint density at radius 2 is 1.16 bits per heavy atom. The zero-order valence-electron chi connectivity index (χ0n) is 28.6. The number of nitrogens with zero attached hydrogens (tertiary/aromatic N) is 2. The first-order chi connectivity index (χ1) is 21.7. The fourth-order valence-corrected chi connectivity index (χ4v) is 6.03. The van der Waals surface area contributed by atoms with Crippen LogP contribution in [0.25, 0.3) is 0 Å². The van der Waals surface area contributed by atoms with E-state index in [1.165, 1.54) is 74.5 Å². The Kier molecular flexibility index (Phi) is 15.4. The van der Waals surface area contributed by atoms with Crippen LogP contribution in [-0.4, -0.2) is 39.2 Å². The predicted molar refractivity (Wildman–Crippen MR) is 199 cm³/mol. The molecule has 6 heteroatoms. The van der Waals surface area contributed by atoms with E-state index in [0.29, 0.717) is 11.5 Å². The molecule has 0 unspecified atom stereocenters. The average Bonchev–Trinajstić information content (AvgIpc) is 3.01. The lowest BCUT2D eigenvalue weighted by Gasteiger charge is -2.25. The fraction of sp³-hybridized carbons (Fsp3) is 0.487. The second-order valence-electron chi connectivity index (χ2n) is 12.8. The Labute approximate surface area is 278 Å². The van der Waals surface area contributed by atoms with Crippen LogP contribution in [0.15, 0.2) is 66.7 Å². The Morgan fingerprint density at radius 1 is 0.689 bits per heavy atom. The van der Waals surface area contributed by atoms with E-state index >= 15 is 0 Å². The van der Waals surface area contributed by atoms with Gasteiger partial charge in [-0.05, 0) is 72.6 Å². The van der Waals surface area contributed by atoms with Crippen LogP contribution < -0.4 is 20.4 Å². The van der Waals surface area contributed by atoms with E-state index in [-0.39, 0.29) is 11.8 Å². The van der Waals surface area contributed by atoms with Gasteiger partial charge in [0.05, 0.1) is 0 Å². The van der Waals surface area contributed by atoms with E-state index in [1.807, 2.05) is 0 Å². The summed E-state index contributed by atoms with van der Waals surface area (Å²) < 4.78 is 0. The monoisotopic (exact) mass is 628 g/mol. The molecule has 0 bridgehead atoms. The number of hydrogen-bond donors (Lipinski definition) is 2. The number of rotatable bonds is 18. The number of nitrogens with one attached hydrogen (secondary N) is 2. The Bertz CT molecular complexity index is 1270. The minimum atomic E-state index is -0.0211. The number of anilines is 3. The largest absolute Gasteiger partial charge is 0.378 e. The number of aryl methyl sites for hydroxylation is 1. The van der Waals surface area contributed by atoms with Crippen molar-refractivity contribution in [1.82, 2.24) is 5.32 Å². The maximum atomic E-state index is 12.7. The molecule has 45 heavy (non-hydrogen) atoms. The van der Waals surface area contributed by atoms with Crippen LogP contribution >= 0.6 is 12.2 Å². The third-order valence-electron chi connectivity index (χ3n) is 8.51. The standard InChI is InChI=1S/C39H56N4OS/c1-7-8-9-10-11-12-13-14-15-16-17-18-37(44)41-39(45)40-36-28-19-30(2)29-35(36)38(31-20-24-33(25-21-31)42(3)4)32-22-26-34(27-23-32)43(5)6/h19-29,38H,7-18H2,1-6H3,(H2,40,41,44,45). The zero-order valence-corrected chi connectivity index (χ0v) is 29.4. The first kappa shape index (κ1) is 36.1. The summed E-state index contributed by atoms with van der Waals surface area (Å²) in [7, 11) is 8.23. The summed E-state index contributed by atoms with van der Waals surface area (Å²) in [5.74, 6) is -0.0400. The first-order valence-electron chi connectivity index (χ1n) is 17.0. The van der Waals surface area contributed by atoms with Gasteiger partial charge >= 0.3 is 0 Å². The van der Waals surface area contributed by atoms with E-state index in [9.17, 15) is 4.79 Å². The van der Waals surface area contributed by atoms with Gasteiger partial charge in [0.2, 0.25) is 5.91 Å². The molecular weight excluding hydrogens is 573 g/mol. The SMILES string of the molecule is CCCCCCCCCCCCCC(=O)NC(=S)Nc1ccc(C)cc1C(c1ccc(N(C)C)cc1)c1ccc(N(C)C)cc1. The molecule has 0 radical (unpaired) electrons. The lowest BCUT2D eigenvalue weighted by Crippen LogP contribution is -2.34. The van der Waals surface area contributed by atoms with E-state index in [2.05, 4.69) is 129 Å². The van der Waals surface area contributed by atoms with Gasteiger partial charge < -0.3 is 20.4 Å². The number of unbranched alkanes of at least 4 members (excludes halogenated alkanes) is 10. The summed E-state index contributed by atoms with van der Waals surface area (Å²) in [5, 5.41) is 6.65. The zero-order chi connectivity index (χ0) is 32.6. The highest BCUT2D eigenvalue weighted by Gasteiger charge is 2.21. The van der Waals surface area contributed by atoms with Crippen LogP contribution in [-0.2, 0) is 4.79 Å². The quantitative estimate of drug-likeness (QED) is 0.0834. The molecule has 3 rings (SSSR count). The molecule has 2 N–H and O–H groups in total. The van der Waals surface area contributed by atoms with Crippen molar-refractivity contribution >= 4 is 40.3 Å². The van der Waals surface area contributed by atoms with Crippen molar-refractivity contribution in [3.63, 3.8) is 0 Å². The maximum Gasteiger partial charge on any atom is 0.226 e. The highest BCUT2D eigenvalue weighted by molar-refractivity contribution is 7.80. The van der Waals surface area contributed by atoms with E-state index in [4.69, 9.17) is 12.2 Å². The van der Waals surface area contributed by atoms with Gasteiger partial charge in [0.15, 0.2) is 5.11 Å². The summed E-state index contributed by atoms with van der Waals surface area (Å²) in [4.78, 5) is 17.0. The van der Waals surface area contributed by atoms with Gasteiger partial charge in [0.1, 0.15) is 0 Å². The minimum Gasteiger partial charge on any atom is -0.378 e. The van der Waals surface area contributed by atoms with Gasteiger partial charge in [-0.3, -0.25) is 4.79 Å². The summed E-state index contributed by atoms with van der Waals surface area (Å²) in [6.45, 7) is 4.38. The van der Waals surface area contributed by atoms with Gasteiger partial charge in [-0.15, -0.1) is 0 Å². The van der Waals surface area contributed by atoms with Gasteiger partial charge in [0, 0.05) is 57.6 Å². The molecule has 0 saturated heterocycles. The number of amides is 1. The smallest absolute Gasteiger partial charge is 0.226 e. The molecule has 0 aliphatic heterocycles. The van der Waals surface area contributed by atoms with Crippen molar-refractivity contribution in [2.75, 3.05) is 43.3 Å². The summed E-state index contributed by atoms with van der Waals surface area (Å²) >= 11 is 5.65. The van der Waals surface area contributed by atoms with Crippen molar-refractivity contribution in [2.45, 2.75) is 96.8 Å². The second-order valence-corrected chi connectivity index (χ2v) is 13.2. The van der Waals surface area contributed by atoms with Crippen LogP contribution in [0.4, 0.5) is 17.1 Å². The molecule has 3 aromatic rings. The third-order valence-corrected chi connectivity index (χ3v) is 8.72. The van der Waals surface area contributed by atoms with Crippen LogP contribution in [0.1, 0.15) is 112 Å². The van der Waals surface area contributed by atoms with Gasteiger partial charge in [0.25, 0.3) is 0 Å². The highest BCUT2D eigenvalue weighted by Crippen LogP contribution is 2.38. The maximum absolute atomic E-state index is 12.7. The van der Waals surface area contributed by atoms with E-state index in [1.54, 1.807) is 0 Å². The fourth-order valence-electron chi connectivity index (χ4n) is 5.81. The van der Waals surface area contributed by atoms with Crippen molar-refractivity contribution in [1.29, 1.82) is 0 Å². The van der Waals surface area contributed by atoms with E-state index < -0.39 is 0 Å². The molecule has 0 heterocycles. The Hall–Kier alpha value is -3.38. The second kappa shape index (κ2) is 19.2. The molecule has 0 spiro atoms. The first-order valence-corrected chi connectivity index (χ1v) is 17.4. The predicted octanol–water partition coefficient (Wildman–Crippen LogP) is 9.82. The number of carbonyl (C=O) groups is 1. The molecule has 0 saturated carbocycles. The highest BCUT2D eigenvalue weighted by atomic mass is 32.1. The van der Waals surface area contributed by atoms with Crippen molar-refractivity contribution in [3.05, 3.63) is 89.0 Å². The van der Waals surface area contributed by atoms with Gasteiger partial charge in [-0.25, -0.2) is 0 Å². The lowest BCUT2D eigenvalue weighted by atomic mass is 9.83. The molecule has 0 atom stereocenters. The number of carbonyl (C=O) groups excluding carboxylic acids is 1. The Morgan fingerprint density at radius 3 is 1.62 bits per heavy atom. The van der Waals surface area contributed by atoms with Crippen molar-refractivity contribution in [2.24, 2.45) is 0 Å². The molecule has 0 aromatic heterocycles. The summed E-state index contributed by atoms with van der Waals surface area (Å²) in [5.41, 5.74) is 7.89. The molecule has 0 fully saturated rings. The van der Waals surface area contributed by atoms with E-state index in [0.717, 1.165) is 35.5 Å². The summed E-state index contributed by atoms with van der Waals surface area (Å²) in [6, 6.07) is 23.9. The lowest BCUT2D eigenvalue weighted by molar-refractivity contribution is -0.119. The molecule has 244 valence electrons. The molecule has 1 amide bonds. The van der Waals surface area contributed by atoms with Gasteiger partial charge in [-0.2, -0.15) is 0 Å². The topological polar surface area (TPSA) is 47.6 Å². The third kappa shape index (κ3) is 12.1.